The SMILES string of the molecule is O=C(NCCC1CCNC1)c1cccc(NC(=O)C2CCCCC2)c1. The lowest BCUT2D eigenvalue weighted by Crippen LogP contribution is -2.27. The lowest BCUT2D eigenvalue weighted by atomic mass is 9.88. The summed E-state index contributed by atoms with van der Waals surface area (Å²) in [7, 11) is 0. The van der Waals surface area contributed by atoms with E-state index in [-0.39, 0.29) is 17.7 Å². The maximum absolute atomic E-state index is 12.4. The molecule has 1 aromatic rings. The first-order valence-corrected chi connectivity index (χ1v) is 9.62. The molecule has 0 bridgehead atoms. The summed E-state index contributed by atoms with van der Waals surface area (Å²) in [5, 5.41) is 9.31. The third-order valence-corrected chi connectivity index (χ3v) is 5.37. The first-order chi connectivity index (χ1) is 12.2. The maximum Gasteiger partial charge on any atom is 0.251 e. The second kappa shape index (κ2) is 8.99. The molecule has 0 aromatic heterocycles. The Morgan fingerprint density at radius 2 is 1.96 bits per heavy atom. The molecule has 0 radical (unpaired) electrons. The topological polar surface area (TPSA) is 70.2 Å². The monoisotopic (exact) mass is 343 g/mol. The zero-order valence-electron chi connectivity index (χ0n) is 14.9. The van der Waals surface area contributed by atoms with Crippen LogP contribution in [-0.4, -0.2) is 31.4 Å². The average molecular weight is 343 g/mol. The van der Waals surface area contributed by atoms with Gasteiger partial charge in [0.25, 0.3) is 5.91 Å². The highest BCUT2D eigenvalue weighted by Gasteiger charge is 2.21. The minimum Gasteiger partial charge on any atom is -0.352 e. The third kappa shape index (κ3) is 5.30. The van der Waals surface area contributed by atoms with Crippen LogP contribution in [0.3, 0.4) is 0 Å². The van der Waals surface area contributed by atoms with Crippen molar-refractivity contribution >= 4 is 17.5 Å². The van der Waals surface area contributed by atoms with Gasteiger partial charge in [-0.2, -0.15) is 0 Å². The Kier molecular flexibility index (Phi) is 6.45. The van der Waals surface area contributed by atoms with Crippen molar-refractivity contribution in [2.45, 2.75) is 44.9 Å². The van der Waals surface area contributed by atoms with Gasteiger partial charge in [0.2, 0.25) is 5.91 Å². The van der Waals surface area contributed by atoms with E-state index in [2.05, 4.69) is 16.0 Å². The molecule has 136 valence electrons. The van der Waals surface area contributed by atoms with Gasteiger partial charge in [0.15, 0.2) is 0 Å². The molecule has 5 heteroatoms. The highest BCUT2D eigenvalue weighted by Crippen LogP contribution is 2.25. The van der Waals surface area contributed by atoms with E-state index in [1.807, 2.05) is 12.1 Å². The Morgan fingerprint density at radius 1 is 1.12 bits per heavy atom. The number of hydrogen-bond donors (Lipinski definition) is 3. The third-order valence-electron chi connectivity index (χ3n) is 5.37. The van der Waals surface area contributed by atoms with Crippen molar-refractivity contribution in [1.29, 1.82) is 0 Å². The lowest BCUT2D eigenvalue weighted by Gasteiger charge is -2.20. The van der Waals surface area contributed by atoms with Crippen molar-refractivity contribution < 1.29 is 9.59 Å². The van der Waals surface area contributed by atoms with Gasteiger partial charge in [-0.1, -0.05) is 25.3 Å². The molecule has 1 aliphatic carbocycles. The number of nitrogens with one attached hydrogen (secondary N) is 3. The number of carbonyl (C=O) groups is 2. The molecule has 1 heterocycles. The van der Waals surface area contributed by atoms with Gasteiger partial charge >= 0.3 is 0 Å². The van der Waals surface area contributed by atoms with Gasteiger partial charge in [0.1, 0.15) is 0 Å². The van der Waals surface area contributed by atoms with Crippen LogP contribution in [0.5, 0.6) is 0 Å². The van der Waals surface area contributed by atoms with Crippen LogP contribution in [0.2, 0.25) is 0 Å². The van der Waals surface area contributed by atoms with Crippen molar-refractivity contribution in [2.24, 2.45) is 11.8 Å². The summed E-state index contributed by atoms with van der Waals surface area (Å²) >= 11 is 0. The van der Waals surface area contributed by atoms with Crippen LogP contribution in [0.15, 0.2) is 24.3 Å². The van der Waals surface area contributed by atoms with Gasteiger partial charge in [-0.15, -0.1) is 0 Å². The van der Waals surface area contributed by atoms with Gasteiger partial charge in [-0.05, 0) is 62.9 Å². The molecule has 2 aliphatic rings. The fraction of sp³-hybridized carbons (Fsp3) is 0.600. The van der Waals surface area contributed by atoms with Gasteiger partial charge in [-0.3, -0.25) is 9.59 Å². The van der Waals surface area contributed by atoms with Crippen LogP contribution in [0.1, 0.15) is 55.3 Å². The molecule has 1 unspecified atom stereocenters. The van der Waals surface area contributed by atoms with Crippen molar-refractivity contribution in [3.05, 3.63) is 29.8 Å². The largest absolute Gasteiger partial charge is 0.352 e. The minimum absolute atomic E-state index is 0.0697. The van der Waals surface area contributed by atoms with E-state index in [9.17, 15) is 9.59 Å². The Balaban J connectivity index is 1.49. The molecule has 2 fully saturated rings. The molecule has 3 rings (SSSR count). The fourth-order valence-corrected chi connectivity index (χ4v) is 3.80. The van der Waals surface area contributed by atoms with Crippen LogP contribution in [0.25, 0.3) is 0 Å². The molecular weight excluding hydrogens is 314 g/mol. The molecular formula is C20H29N3O2. The standard InChI is InChI=1S/C20H29N3O2/c24-19(22-12-10-15-9-11-21-14-15)17-7-4-8-18(13-17)23-20(25)16-5-2-1-3-6-16/h4,7-8,13,15-16,21H,1-3,5-6,9-12,14H2,(H,22,24)(H,23,25). The van der Waals surface area contributed by atoms with Crippen LogP contribution >= 0.6 is 0 Å². The lowest BCUT2D eigenvalue weighted by molar-refractivity contribution is -0.120. The molecule has 25 heavy (non-hydrogen) atoms. The van der Waals surface area contributed by atoms with E-state index in [4.69, 9.17) is 0 Å². The summed E-state index contributed by atoms with van der Waals surface area (Å²) in [4.78, 5) is 24.7. The fourth-order valence-electron chi connectivity index (χ4n) is 3.80. The van der Waals surface area contributed by atoms with Crippen LogP contribution in [0, 0.1) is 11.8 Å². The van der Waals surface area contributed by atoms with E-state index in [0.29, 0.717) is 23.7 Å². The highest BCUT2D eigenvalue weighted by molar-refractivity contribution is 5.97. The van der Waals surface area contributed by atoms with E-state index < -0.39 is 0 Å². The Labute approximate surface area is 150 Å². The Bertz CT molecular complexity index is 590. The summed E-state index contributed by atoms with van der Waals surface area (Å²) in [6.45, 7) is 2.84. The van der Waals surface area contributed by atoms with Crippen molar-refractivity contribution in [1.82, 2.24) is 10.6 Å². The van der Waals surface area contributed by atoms with Crippen LogP contribution in [-0.2, 0) is 4.79 Å². The summed E-state index contributed by atoms with van der Waals surface area (Å²) in [6.07, 6.45) is 7.66. The quantitative estimate of drug-likeness (QED) is 0.744. The molecule has 0 spiro atoms. The summed E-state index contributed by atoms with van der Waals surface area (Å²) in [5.41, 5.74) is 1.31. The van der Waals surface area contributed by atoms with Gasteiger partial charge in [-0.25, -0.2) is 0 Å². The Hall–Kier alpha value is -1.88. The summed E-state index contributed by atoms with van der Waals surface area (Å²) in [5.74, 6) is 0.804. The predicted octanol–water partition coefficient (Wildman–Crippen LogP) is 2.93. The van der Waals surface area contributed by atoms with Gasteiger partial charge in [0.05, 0.1) is 0 Å². The number of benzene rings is 1. The van der Waals surface area contributed by atoms with E-state index in [1.165, 1.54) is 12.8 Å². The van der Waals surface area contributed by atoms with E-state index in [0.717, 1.165) is 45.2 Å². The molecule has 1 atom stereocenters. The second-order valence-electron chi connectivity index (χ2n) is 7.31. The minimum atomic E-state index is -0.0697. The first-order valence-electron chi connectivity index (χ1n) is 9.62. The first kappa shape index (κ1) is 17.9. The molecule has 5 nitrogen and oxygen atoms in total. The molecule has 1 aromatic carbocycles. The molecule has 1 saturated carbocycles. The maximum atomic E-state index is 12.4. The van der Waals surface area contributed by atoms with E-state index >= 15 is 0 Å². The van der Waals surface area contributed by atoms with Crippen molar-refractivity contribution in [3.63, 3.8) is 0 Å². The molecule has 1 saturated heterocycles. The number of amides is 2. The second-order valence-corrected chi connectivity index (χ2v) is 7.31. The van der Waals surface area contributed by atoms with Crippen LogP contribution in [0.4, 0.5) is 5.69 Å². The predicted molar refractivity (Wildman–Crippen MR) is 99.6 cm³/mol. The zero-order chi connectivity index (χ0) is 17.5. The number of anilines is 1. The smallest absolute Gasteiger partial charge is 0.251 e. The number of rotatable bonds is 6. The van der Waals surface area contributed by atoms with Gasteiger partial charge in [0, 0.05) is 23.7 Å². The summed E-state index contributed by atoms with van der Waals surface area (Å²) in [6, 6.07) is 7.24. The summed E-state index contributed by atoms with van der Waals surface area (Å²) < 4.78 is 0. The molecule has 3 N–H and O–H groups in total. The van der Waals surface area contributed by atoms with Crippen molar-refractivity contribution in [2.75, 3.05) is 25.0 Å². The van der Waals surface area contributed by atoms with Crippen LogP contribution < -0.4 is 16.0 Å². The normalized spacial score (nSPS) is 21.0. The average Bonchev–Trinajstić information content (AvgIpc) is 3.16. The highest BCUT2D eigenvalue weighted by atomic mass is 16.2. The van der Waals surface area contributed by atoms with Gasteiger partial charge < -0.3 is 16.0 Å². The number of carbonyl (C=O) groups excluding carboxylic acids is 2. The Morgan fingerprint density at radius 3 is 2.72 bits per heavy atom. The number of hydrogen-bond acceptors (Lipinski definition) is 3. The zero-order valence-corrected chi connectivity index (χ0v) is 14.9. The van der Waals surface area contributed by atoms with Crippen molar-refractivity contribution in [3.8, 4) is 0 Å². The molecule has 1 aliphatic heterocycles. The molecule has 2 amide bonds. The van der Waals surface area contributed by atoms with E-state index in [1.54, 1.807) is 12.1 Å².